The minimum Gasteiger partial charge on any atom is -0.460 e. The Balaban J connectivity index is 2.23. The molecule has 0 aromatic carbocycles. The summed E-state index contributed by atoms with van der Waals surface area (Å²) in [7, 11) is 0. The third kappa shape index (κ3) is 4.97. The van der Waals surface area contributed by atoms with Crippen LogP contribution in [-0.4, -0.2) is 23.3 Å². The van der Waals surface area contributed by atoms with E-state index in [0.29, 0.717) is 6.42 Å². The molecule has 1 heterocycles. The van der Waals surface area contributed by atoms with Crippen molar-refractivity contribution in [1.29, 1.82) is 0 Å². The van der Waals surface area contributed by atoms with E-state index in [2.05, 4.69) is 13.8 Å². The zero-order valence-corrected chi connectivity index (χ0v) is 11.1. The van der Waals surface area contributed by atoms with Crippen molar-refractivity contribution < 1.29 is 14.3 Å². The summed E-state index contributed by atoms with van der Waals surface area (Å²) >= 11 is 0. The van der Waals surface area contributed by atoms with Gasteiger partial charge in [0.05, 0.1) is 11.7 Å². The third-order valence-corrected chi connectivity index (χ3v) is 2.64. The van der Waals surface area contributed by atoms with Crippen LogP contribution in [0.3, 0.4) is 0 Å². The smallest absolute Gasteiger partial charge is 0.306 e. The van der Waals surface area contributed by atoms with Gasteiger partial charge in [-0.2, -0.15) is 0 Å². The zero-order valence-electron chi connectivity index (χ0n) is 11.1. The summed E-state index contributed by atoms with van der Waals surface area (Å²) in [6.07, 6.45) is 3.58. The fourth-order valence-electron chi connectivity index (χ4n) is 1.95. The van der Waals surface area contributed by atoms with Crippen LogP contribution >= 0.6 is 0 Å². The molecule has 0 aliphatic carbocycles. The molecule has 0 amide bonds. The highest BCUT2D eigenvalue weighted by atomic mass is 16.6. The van der Waals surface area contributed by atoms with Crippen molar-refractivity contribution in [2.45, 2.75) is 77.6 Å². The maximum atomic E-state index is 11.5. The molecule has 1 saturated heterocycles. The second kappa shape index (κ2) is 4.74. The largest absolute Gasteiger partial charge is 0.460 e. The van der Waals surface area contributed by atoms with Crippen molar-refractivity contribution in [2.24, 2.45) is 0 Å². The molecular formula is C13H24O3. The SMILES string of the molecule is CC(C)(C)OC(=O)CCC1CCC(C)(C)O1. The first kappa shape index (κ1) is 13.5. The molecule has 0 bridgehead atoms. The number of rotatable bonds is 3. The van der Waals surface area contributed by atoms with E-state index < -0.39 is 0 Å². The van der Waals surface area contributed by atoms with Gasteiger partial charge >= 0.3 is 5.97 Å². The van der Waals surface area contributed by atoms with E-state index in [4.69, 9.17) is 9.47 Å². The van der Waals surface area contributed by atoms with Gasteiger partial charge in [0, 0.05) is 6.42 Å². The van der Waals surface area contributed by atoms with Crippen LogP contribution < -0.4 is 0 Å². The van der Waals surface area contributed by atoms with Crippen LogP contribution in [-0.2, 0) is 14.3 Å². The molecule has 0 radical (unpaired) electrons. The van der Waals surface area contributed by atoms with E-state index in [9.17, 15) is 4.79 Å². The highest BCUT2D eigenvalue weighted by Crippen LogP contribution is 2.31. The fraction of sp³-hybridized carbons (Fsp3) is 0.923. The third-order valence-electron chi connectivity index (χ3n) is 2.64. The monoisotopic (exact) mass is 228 g/mol. The van der Waals surface area contributed by atoms with Gasteiger partial charge in [-0.05, 0) is 53.9 Å². The van der Waals surface area contributed by atoms with Gasteiger partial charge in [0.25, 0.3) is 0 Å². The van der Waals surface area contributed by atoms with Crippen LogP contribution in [0, 0.1) is 0 Å². The molecule has 3 heteroatoms. The summed E-state index contributed by atoms with van der Waals surface area (Å²) in [5.41, 5.74) is -0.397. The molecule has 0 spiro atoms. The predicted octanol–water partition coefficient (Wildman–Crippen LogP) is 3.07. The molecule has 16 heavy (non-hydrogen) atoms. The van der Waals surface area contributed by atoms with Crippen LogP contribution in [0.5, 0.6) is 0 Å². The molecule has 94 valence electrons. The van der Waals surface area contributed by atoms with E-state index in [-0.39, 0.29) is 23.3 Å². The Hall–Kier alpha value is -0.570. The average molecular weight is 228 g/mol. The van der Waals surface area contributed by atoms with Crippen molar-refractivity contribution in [2.75, 3.05) is 0 Å². The fourth-order valence-corrected chi connectivity index (χ4v) is 1.95. The van der Waals surface area contributed by atoms with Crippen molar-refractivity contribution in [3.05, 3.63) is 0 Å². The highest BCUT2D eigenvalue weighted by molar-refractivity contribution is 5.69. The Morgan fingerprint density at radius 1 is 1.44 bits per heavy atom. The lowest BCUT2D eigenvalue weighted by Crippen LogP contribution is -2.25. The first-order valence-electron chi connectivity index (χ1n) is 6.08. The highest BCUT2D eigenvalue weighted by Gasteiger charge is 2.31. The second-order valence-corrected chi connectivity index (χ2v) is 6.16. The quantitative estimate of drug-likeness (QED) is 0.696. The Morgan fingerprint density at radius 3 is 2.50 bits per heavy atom. The second-order valence-electron chi connectivity index (χ2n) is 6.16. The van der Waals surface area contributed by atoms with Gasteiger partial charge in [-0.3, -0.25) is 4.79 Å². The molecule has 1 aliphatic heterocycles. The summed E-state index contributed by atoms with van der Waals surface area (Å²) in [4.78, 5) is 11.5. The van der Waals surface area contributed by atoms with Gasteiger partial charge in [-0.1, -0.05) is 0 Å². The lowest BCUT2D eigenvalue weighted by molar-refractivity contribution is -0.155. The predicted molar refractivity (Wildman–Crippen MR) is 63.3 cm³/mol. The van der Waals surface area contributed by atoms with Gasteiger partial charge in [0.15, 0.2) is 0 Å². The number of carbonyl (C=O) groups is 1. The maximum absolute atomic E-state index is 11.5. The summed E-state index contributed by atoms with van der Waals surface area (Å²) in [6, 6.07) is 0. The van der Waals surface area contributed by atoms with Crippen molar-refractivity contribution in [3.63, 3.8) is 0 Å². The zero-order chi connectivity index (χ0) is 12.4. The van der Waals surface area contributed by atoms with E-state index >= 15 is 0 Å². The molecule has 1 rings (SSSR count). The topological polar surface area (TPSA) is 35.5 Å². The molecule has 1 aliphatic rings. The number of carbonyl (C=O) groups excluding carboxylic acids is 1. The number of ether oxygens (including phenoxy) is 2. The summed E-state index contributed by atoms with van der Waals surface area (Å²) in [6.45, 7) is 9.86. The Labute approximate surface area is 98.5 Å². The van der Waals surface area contributed by atoms with Gasteiger partial charge in [0.2, 0.25) is 0 Å². The van der Waals surface area contributed by atoms with E-state index in [1.807, 2.05) is 20.8 Å². The maximum Gasteiger partial charge on any atom is 0.306 e. The number of esters is 1. The normalized spacial score (nSPS) is 24.4. The molecule has 1 atom stereocenters. The molecule has 0 saturated carbocycles. The first-order valence-corrected chi connectivity index (χ1v) is 6.08. The van der Waals surface area contributed by atoms with Crippen LogP contribution in [0.2, 0.25) is 0 Å². The van der Waals surface area contributed by atoms with Crippen LogP contribution in [0.15, 0.2) is 0 Å². The van der Waals surface area contributed by atoms with E-state index in [1.165, 1.54) is 0 Å². The standard InChI is InChI=1S/C13H24O3/c1-12(2,3)16-11(14)7-6-10-8-9-13(4,5)15-10/h10H,6-9H2,1-5H3. The average Bonchev–Trinajstić information content (AvgIpc) is 2.39. The van der Waals surface area contributed by atoms with Crippen molar-refractivity contribution in [3.8, 4) is 0 Å². The van der Waals surface area contributed by atoms with Crippen LogP contribution in [0.25, 0.3) is 0 Å². The first-order chi connectivity index (χ1) is 7.18. The van der Waals surface area contributed by atoms with Gasteiger partial charge in [-0.15, -0.1) is 0 Å². The summed E-state index contributed by atoms with van der Waals surface area (Å²) in [5.74, 6) is -0.124. The minimum atomic E-state index is -0.382. The number of hydrogen-bond donors (Lipinski definition) is 0. The van der Waals surface area contributed by atoms with Crippen LogP contribution in [0.1, 0.15) is 60.3 Å². The minimum absolute atomic E-state index is 0.0153. The lowest BCUT2D eigenvalue weighted by atomic mass is 10.0. The summed E-state index contributed by atoms with van der Waals surface area (Å²) < 4.78 is 11.1. The van der Waals surface area contributed by atoms with Gasteiger partial charge < -0.3 is 9.47 Å². The molecule has 1 fully saturated rings. The van der Waals surface area contributed by atoms with E-state index in [1.54, 1.807) is 0 Å². The summed E-state index contributed by atoms with van der Waals surface area (Å²) in [5, 5.41) is 0. The Bertz CT molecular complexity index is 250. The van der Waals surface area contributed by atoms with Crippen molar-refractivity contribution in [1.82, 2.24) is 0 Å². The molecule has 0 aromatic heterocycles. The van der Waals surface area contributed by atoms with Gasteiger partial charge in [0.1, 0.15) is 5.60 Å². The molecule has 0 aromatic rings. The van der Waals surface area contributed by atoms with E-state index in [0.717, 1.165) is 19.3 Å². The Kier molecular flexibility index (Phi) is 4.00. The lowest BCUT2D eigenvalue weighted by Gasteiger charge is -2.21. The number of hydrogen-bond acceptors (Lipinski definition) is 3. The molecule has 3 nitrogen and oxygen atoms in total. The molecule has 0 N–H and O–H groups in total. The van der Waals surface area contributed by atoms with Gasteiger partial charge in [-0.25, -0.2) is 0 Å². The van der Waals surface area contributed by atoms with Crippen LogP contribution in [0.4, 0.5) is 0 Å². The molecular weight excluding hydrogens is 204 g/mol. The molecule has 1 unspecified atom stereocenters. The van der Waals surface area contributed by atoms with Crippen molar-refractivity contribution >= 4 is 5.97 Å². The Morgan fingerprint density at radius 2 is 2.06 bits per heavy atom.